The molecule has 0 aliphatic carbocycles. The van der Waals surface area contributed by atoms with Gasteiger partial charge in [0.05, 0.1) is 0 Å². The molecular weight excluding hydrogens is 300 g/mol. The van der Waals surface area contributed by atoms with Crippen molar-refractivity contribution in [2.45, 2.75) is 40.2 Å². The molecule has 0 radical (unpaired) electrons. The van der Waals surface area contributed by atoms with Crippen molar-refractivity contribution in [2.75, 3.05) is 0 Å². The van der Waals surface area contributed by atoms with Crippen molar-refractivity contribution in [3.8, 4) is 5.75 Å². The van der Waals surface area contributed by atoms with E-state index in [9.17, 15) is 14.4 Å². The lowest BCUT2D eigenvalue weighted by Gasteiger charge is -2.13. The van der Waals surface area contributed by atoms with E-state index in [1.165, 1.54) is 19.9 Å². The van der Waals surface area contributed by atoms with Gasteiger partial charge in [0.2, 0.25) is 0 Å². The first kappa shape index (κ1) is 16.7. The van der Waals surface area contributed by atoms with Gasteiger partial charge in [0.15, 0.2) is 0 Å². The third kappa shape index (κ3) is 3.97. The summed E-state index contributed by atoms with van der Waals surface area (Å²) in [4.78, 5) is 34.2. The van der Waals surface area contributed by atoms with Crippen LogP contribution in [-0.4, -0.2) is 18.0 Å². The third-order valence-electron chi connectivity index (χ3n) is 3.38. The summed E-state index contributed by atoms with van der Waals surface area (Å²) >= 11 is 0. The van der Waals surface area contributed by atoms with E-state index in [-0.39, 0.29) is 6.42 Å². The van der Waals surface area contributed by atoms with Crippen LogP contribution in [0.1, 0.15) is 31.9 Å². The Labute approximate surface area is 133 Å². The number of hydrogen-bond donors (Lipinski definition) is 0. The topological polar surface area (TPSA) is 82.8 Å². The number of aryl methyl sites for hydroxylation is 1. The van der Waals surface area contributed by atoms with Crippen molar-refractivity contribution in [1.82, 2.24) is 0 Å². The van der Waals surface area contributed by atoms with Gasteiger partial charge in [-0.15, -0.1) is 0 Å². The second-order valence-corrected chi connectivity index (χ2v) is 5.37. The van der Waals surface area contributed by atoms with Crippen molar-refractivity contribution >= 4 is 22.9 Å². The largest absolute Gasteiger partial charge is 0.463 e. The fraction of sp³-hybridized carbons (Fsp3) is 0.353. The lowest BCUT2D eigenvalue weighted by Crippen LogP contribution is -2.20. The fourth-order valence-corrected chi connectivity index (χ4v) is 2.45. The second-order valence-electron chi connectivity index (χ2n) is 5.37. The molecule has 0 saturated carbocycles. The highest BCUT2D eigenvalue weighted by Crippen LogP contribution is 2.25. The Bertz CT molecular complexity index is 818. The van der Waals surface area contributed by atoms with Gasteiger partial charge in [-0.2, -0.15) is 0 Å². The van der Waals surface area contributed by atoms with Crippen LogP contribution in [0.25, 0.3) is 11.0 Å². The number of carbonyl (C=O) groups is 2. The molecule has 0 aliphatic rings. The normalized spacial score (nSPS) is 12.0. The van der Waals surface area contributed by atoms with E-state index in [4.69, 9.17) is 13.9 Å². The molecule has 1 atom stereocenters. The molecule has 0 fully saturated rings. The molecule has 0 amide bonds. The minimum atomic E-state index is -0.492. The van der Waals surface area contributed by atoms with Crippen molar-refractivity contribution in [1.29, 1.82) is 0 Å². The quantitative estimate of drug-likeness (QED) is 0.489. The Balaban J connectivity index is 2.43. The third-order valence-corrected chi connectivity index (χ3v) is 3.38. The highest BCUT2D eigenvalue weighted by molar-refractivity contribution is 5.83. The predicted octanol–water partition coefficient (Wildman–Crippen LogP) is 2.52. The van der Waals surface area contributed by atoms with Crippen LogP contribution >= 0.6 is 0 Å². The molecule has 23 heavy (non-hydrogen) atoms. The molecule has 2 aromatic rings. The van der Waals surface area contributed by atoms with E-state index in [0.717, 1.165) is 10.9 Å². The smallest absolute Gasteiger partial charge is 0.339 e. The number of carbonyl (C=O) groups excluding carboxylic acids is 2. The summed E-state index contributed by atoms with van der Waals surface area (Å²) in [5, 5.41) is 0.741. The minimum Gasteiger partial charge on any atom is -0.463 e. The molecule has 0 bridgehead atoms. The zero-order chi connectivity index (χ0) is 17.1. The molecule has 6 heteroatoms. The highest BCUT2D eigenvalue weighted by Gasteiger charge is 2.16. The SMILES string of the molecule is CC(=O)Oc1ccc2c(C)c(C[C@H](C)OC(C)=O)c(=O)oc2c1. The van der Waals surface area contributed by atoms with Crippen LogP contribution in [0, 0.1) is 6.92 Å². The average Bonchev–Trinajstić information content (AvgIpc) is 2.41. The fourth-order valence-electron chi connectivity index (χ4n) is 2.45. The van der Waals surface area contributed by atoms with Crippen LogP contribution in [-0.2, 0) is 20.7 Å². The summed E-state index contributed by atoms with van der Waals surface area (Å²) in [5.41, 5.74) is 1.07. The van der Waals surface area contributed by atoms with Gasteiger partial charge in [0.25, 0.3) is 0 Å². The Kier molecular flexibility index (Phi) is 4.83. The lowest BCUT2D eigenvalue weighted by molar-refractivity contribution is -0.145. The van der Waals surface area contributed by atoms with Crippen LogP contribution in [0.2, 0.25) is 0 Å². The van der Waals surface area contributed by atoms with E-state index in [1.54, 1.807) is 26.0 Å². The van der Waals surface area contributed by atoms with Crippen molar-refractivity contribution < 1.29 is 23.5 Å². The molecule has 1 aromatic heterocycles. The molecular formula is C17H18O6. The van der Waals surface area contributed by atoms with Gasteiger partial charge in [-0.25, -0.2) is 4.79 Å². The maximum Gasteiger partial charge on any atom is 0.339 e. The van der Waals surface area contributed by atoms with Gasteiger partial charge >= 0.3 is 17.6 Å². The lowest BCUT2D eigenvalue weighted by atomic mass is 10.0. The number of hydrogen-bond acceptors (Lipinski definition) is 6. The van der Waals surface area contributed by atoms with E-state index >= 15 is 0 Å². The molecule has 0 aliphatic heterocycles. The van der Waals surface area contributed by atoms with Crippen molar-refractivity contribution in [2.24, 2.45) is 0 Å². The maximum atomic E-state index is 12.2. The van der Waals surface area contributed by atoms with Crippen LogP contribution in [0.5, 0.6) is 5.75 Å². The molecule has 6 nitrogen and oxygen atoms in total. The zero-order valence-corrected chi connectivity index (χ0v) is 13.5. The van der Waals surface area contributed by atoms with E-state index in [2.05, 4.69) is 0 Å². The number of benzene rings is 1. The summed E-state index contributed by atoms with van der Waals surface area (Å²) < 4.78 is 15.4. The summed E-state index contributed by atoms with van der Waals surface area (Å²) in [6.07, 6.45) is -0.151. The molecule has 0 unspecified atom stereocenters. The van der Waals surface area contributed by atoms with E-state index in [0.29, 0.717) is 16.9 Å². The average molecular weight is 318 g/mol. The molecule has 122 valence electrons. The van der Waals surface area contributed by atoms with Crippen molar-refractivity contribution in [3.63, 3.8) is 0 Å². The summed E-state index contributed by atoms with van der Waals surface area (Å²) in [5.74, 6) is -0.532. The first-order valence-corrected chi connectivity index (χ1v) is 7.20. The first-order valence-electron chi connectivity index (χ1n) is 7.20. The summed E-state index contributed by atoms with van der Waals surface area (Å²) in [6, 6.07) is 4.87. The molecule has 0 saturated heterocycles. The highest BCUT2D eigenvalue weighted by atomic mass is 16.5. The zero-order valence-electron chi connectivity index (χ0n) is 13.5. The standard InChI is InChI=1S/C17H18O6/c1-9(21-11(3)18)7-15-10(2)14-6-5-13(22-12(4)19)8-16(14)23-17(15)20/h5-6,8-9H,7H2,1-4H3/t9-/m0/s1. The Morgan fingerprint density at radius 3 is 2.52 bits per heavy atom. The minimum absolute atomic E-state index is 0.273. The first-order chi connectivity index (χ1) is 10.8. The number of fused-ring (bicyclic) bond motifs is 1. The number of ether oxygens (including phenoxy) is 2. The molecule has 1 aromatic carbocycles. The van der Waals surface area contributed by atoms with Gasteiger partial charge in [-0.05, 0) is 31.5 Å². The van der Waals surface area contributed by atoms with Crippen LogP contribution in [0.3, 0.4) is 0 Å². The van der Waals surface area contributed by atoms with Crippen LogP contribution < -0.4 is 10.4 Å². The maximum absolute atomic E-state index is 12.2. The Hall–Kier alpha value is -2.63. The van der Waals surface area contributed by atoms with E-state index < -0.39 is 23.7 Å². The molecule has 2 rings (SSSR count). The monoisotopic (exact) mass is 318 g/mol. The summed E-state index contributed by atoms with van der Waals surface area (Å²) in [7, 11) is 0. The van der Waals surface area contributed by atoms with Gasteiger partial charge in [-0.1, -0.05) is 0 Å². The van der Waals surface area contributed by atoms with Gasteiger partial charge in [0.1, 0.15) is 17.4 Å². The van der Waals surface area contributed by atoms with Crippen LogP contribution in [0.4, 0.5) is 0 Å². The Morgan fingerprint density at radius 1 is 1.22 bits per heavy atom. The second kappa shape index (κ2) is 6.64. The summed E-state index contributed by atoms with van der Waals surface area (Å²) in [6.45, 7) is 6.14. The van der Waals surface area contributed by atoms with Crippen molar-refractivity contribution in [3.05, 3.63) is 39.7 Å². The van der Waals surface area contributed by atoms with Gasteiger partial charge in [0, 0.05) is 37.3 Å². The number of rotatable bonds is 4. The molecule has 1 heterocycles. The van der Waals surface area contributed by atoms with Crippen LogP contribution in [0.15, 0.2) is 27.4 Å². The van der Waals surface area contributed by atoms with E-state index in [1.807, 2.05) is 0 Å². The predicted molar refractivity (Wildman–Crippen MR) is 83.5 cm³/mol. The number of esters is 2. The Morgan fingerprint density at radius 2 is 1.91 bits per heavy atom. The van der Waals surface area contributed by atoms with Gasteiger partial charge < -0.3 is 13.9 Å². The molecule has 0 N–H and O–H groups in total. The van der Waals surface area contributed by atoms with Gasteiger partial charge in [-0.3, -0.25) is 9.59 Å². The molecule has 0 spiro atoms.